The van der Waals surface area contributed by atoms with Crippen LogP contribution in [0.2, 0.25) is 0 Å². The molecule has 5 nitrogen and oxygen atoms in total. The molecule has 0 aromatic rings. The summed E-state index contributed by atoms with van der Waals surface area (Å²) in [7, 11) is 0. The third-order valence-electron chi connectivity index (χ3n) is 2.73. The van der Waals surface area contributed by atoms with Gasteiger partial charge >= 0.3 is 5.97 Å². The van der Waals surface area contributed by atoms with Crippen molar-refractivity contribution in [2.24, 2.45) is 0 Å². The van der Waals surface area contributed by atoms with Crippen LogP contribution >= 0.6 is 0 Å². The molecule has 1 rings (SSSR count). The van der Waals surface area contributed by atoms with Gasteiger partial charge in [0, 0.05) is 12.5 Å². The normalized spacial score (nSPS) is 16.8. The molecule has 1 unspecified atom stereocenters. The molecule has 1 atom stereocenters. The van der Waals surface area contributed by atoms with Crippen molar-refractivity contribution in [3.63, 3.8) is 0 Å². The first-order valence-electron chi connectivity index (χ1n) is 7.03. The molecule has 0 spiro atoms. The van der Waals surface area contributed by atoms with E-state index in [4.69, 9.17) is 4.74 Å². The van der Waals surface area contributed by atoms with Crippen LogP contribution in [0.4, 0.5) is 0 Å². The Balaban J connectivity index is 2.07. The fourth-order valence-corrected chi connectivity index (χ4v) is 1.57. The molecule has 0 aromatic heterocycles. The van der Waals surface area contributed by atoms with Crippen molar-refractivity contribution in [3.05, 3.63) is 0 Å². The van der Waals surface area contributed by atoms with Crippen LogP contribution in [0.25, 0.3) is 0 Å². The topological polar surface area (TPSA) is 67.4 Å². The lowest BCUT2D eigenvalue weighted by Gasteiger charge is -2.22. The van der Waals surface area contributed by atoms with Crippen molar-refractivity contribution >= 4 is 11.9 Å². The van der Waals surface area contributed by atoms with Gasteiger partial charge in [0.1, 0.15) is 11.6 Å². The average Bonchev–Trinajstić information content (AvgIpc) is 3.05. The molecule has 1 fully saturated rings. The standard InChI is InChI=1S/C14H26N2O3/c1-10(13(18)19-14(2,3)4)15-9-5-6-12(17)16-11-7-8-11/h10-11,15H,5-9H2,1-4H3,(H,16,17). The van der Waals surface area contributed by atoms with Crippen LogP contribution in [0.1, 0.15) is 53.4 Å². The molecule has 2 N–H and O–H groups in total. The largest absolute Gasteiger partial charge is 0.459 e. The smallest absolute Gasteiger partial charge is 0.323 e. The highest BCUT2D eigenvalue weighted by molar-refractivity contribution is 5.76. The summed E-state index contributed by atoms with van der Waals surface area (Å²) in [6.45, 7) is 7.95. The Morgan fingerprint density at radius 3 is 2.47 bits per heavy atom. The number of rotatable bonds is 7. The molecule has 0 aromatic carbocycles. The molecule has 5 heteroatoms. The van der Waals surface area contributed by atoms with Gasteiger partial charge in [-0.1, -0.05) is 0 Å². The Labute approximate surface area is 115 Å². The summed E-state index contributed by atoms with van der Waals surface area (Å²) in [5.41, 5.74) is -0.461. The summed E-state index contributed by atoms with van der Waals surface area (Å²) in [4.78, 5) is 23.1. The van der Waals surface area contributed by atoms with E-state index in [1.807, 2.05) is 20.8 Å². The van der Waals surface area contributed by atoms with Crippen molar-refractivity contribution in [1.82, 2.24) is 10.6 Å². The second-order valence-corrected chi connectivity index (χ2v) is 6.15. The number of nitrogens with one attached hydrogen (secondary N) is 2. The molecule has 1 saturated carbocycles. The highest BCUT2D eigenvalue weighted by Crippen LogP contribution is 2.18. The Morgan fingerprint density at radius 2 is 1.95 bits per heavy atom. The lowest BCUT2D eigenvalue weighted by atomic mass is 10.2. The zero-order chi connectivity index (χ0) is 14.5. The molecule has 19 heavy (non-hydrogen) atoms. The first kappa shape index (κ1) is 16.0. The van der Waals surface area contributed by atoms with E-state index in [1.165, 1.54) is 0 Å². The van der Waals surface area contributed by atoms with Crippen molar-refractivity contribution in [1.29, 1.82) is 0 Å². The second-order valence-electron chi connectivity index (χ2n) is 6.15. The molecule has 1 aliphatic rings. The van der Waals surface area contributed by atoms with Crippen LogP contribution in [0.5, 0.6) is 0 Å². The molecule has 1 amide bonds. The fourth-order valence-electron chi connectivity index (χ4n) is 1.57. The van der Waals surface area contributed by atoms with Crippen LogP contribution in [-0.4, -0.2) is 36.1 Å². The van der Waals surface area contributed by atoms with Gasteiger partial charge in [-0.05, 0) is 53.5 Å². The SMILES string of the molecule is CC(NCCCC(=O)NC1CC1)C(=O)OC(C)(C)C. The zero-order valence-corrected chi connectivity index (χ0v) is 12.4. The van der Waals surface area contributed by atoms with E-state index in [-0.39, 0.29) is 17.9 Å². The summed E-state index contributed by atoms with van der Waals surface area (Å²) in [6.07, 6.45) is 3.45. The van der Waals surface area contributed by atoms with E-state index in [9.17, 15) is 9.59 Å². The van der Waals surface area contributed by atoms with E-state index in [0.717, 1.165) is 19.3 Å². The lowest BCUT2D eigenvalue weighted by Crippen LogP contribution is -2.39. The van der Waals surface area contributed by atoms with Crippen LogP contribution in [-0.2, 0) is 14.3 Å². The van der Waals surface area contributed by atoms with Gasteiger partial charge < -0.3 is 15.4 Å². The Morgan fingerprint density at radius 1 is 1.32 bits per heavy atom. The number of hydrogen-bond donors (Lipinski definition) is 2. The molecule has 0 heterocycles. The predicted molar refractivity (Wildman–Crippen MR) is 73.7 cm³/mol. The number of hydrogen-bond acceptors (Lipinski definition) is 4. The van der Waals surface area contributed by atoms with E-state index >= 15 is 0 Å². The summed E-state index contributed by atoms with van der Waals surface area (Å²) in [6, 6.07) is 0.0758. The van der Waals surface area contributed by atoms with Crippen molar-refractivity contribution < 1.29 is 14.3 Å². The highest BCUT2D eigenvalue weighted by atomic mass is 16.6. The maximum absolute atomic E-state index is 11.7. The first-order valence-corrected chi connectivity index (χ1v) is 7.03. The van der Waals surface area contributed by atoms with E-state index in [1.54, 1.807) is 6.92 Å². The Bertz CT molecular complexity index is 319. The minimum absolute atomic E-state index is 0.106. The molecule has 1 aliphatic carbocycles. The maximum atomic E-state index is 11.7. The summed E-state index contributed by atoms with van der Waals surface area (Å²) >= 11 is 0. The molecule has 110 valence electrons. The monoisotopic (exact) mass is 270 g/mol. The predicted octanol–water partition coefficient (Wildman–Crippen LogP) is 1.36. The van der Waals surface area contributed by atoms with Crippen molar-refractivity contribution in [2.75, 3.05) is 6.54 Å². The summed E-state index contributed by atoms with van der Waals surface area (Å²) in [5, 5.41) is 6.01. The average molecular weight is 270 g/mol. The summed E-state index contributed by atoms with van der Waals surface area (Å²) < 4.78 is 5.26. The molecular weight excluding hydrogens is 244 g/mol. The molecule has 0 saturated heterocycles. The van der Waals surface area contributed by atoms with Crippen LogP contribution in [0, 0.1) is 0 Å². The van der Waals surface area contributed by atoms with Crippen molar-refractivity contribution in [2.45, 2.75) is 71.1 Å². The molecule has 0 aliphatic heterocycles. The number of ether oxygens (including phenoxy) is 1. The number of amides is 1. The van der Waals surface area contributed by atoms with Gasteiger partial charge in [-0.2, -0.15) is 0 Å². The van der Waals surface area contributed by atoms with Gasteiger partial charge in [-0.25, -0.2) is 0 Å². The highest BCUT2D eigenvalue weighted by Gasteiger charge is 2.23. The number of carbonyl (C=O) groups excluding carboxylic acids is 2. The van der Waals surface area contributed by atoms with E-state index in [2.05, 4.69) is 10.6 Å². The van der Waals surface area contributed by atoms with Gasteiger partial charge in [-0.15, -0.1) is 0 Å². The van der Waals surface area contributed by atoms with Gasteiger partial charge in [0.15, 0.2) is 0 Å². The van der Waals surface area contributed by atoms with Crippen molar-refractivity contribution in [3.8, 4) is 0 Å². The molecule has 0 bridgehead atoms. The fraction of sp³-hybridized carbons (Fsp3) is 0.857. The maximum Gasteiger partial charge on any atom is 0.323 e. The minimum atomic E-state index is -0.461. The Kier molecular flexibility index (Phi) is 5.79. The Hall–Kier alpha value is -1.10. The van der Waals surface area contributed by atoms with Crippen LogP contribution in [0.15, 0.2) is 0 Å². The quantitative estimate of drug-likeness (QED) is 0.541. The van der Waals surface area contributed by atoms with E-state index in [0.29, 0.717) is 19.0 Å². The number of esters is 1. The third kappa shape index (κ3) is 7.82. The van der Waals surface area contributed by atoms with E-state index < -0.39 is 5.60 Å². The second kappa shape index (κ2) is 6.89. The van der Waals surface area contributed by atoms with Gasteiger partial charge in [0.2, 0.25) is 5.91 Å². The lowest BCUT2D eigenvalue weighted by molar-refractivity contribution is -0.156. The van der Waals surface area contributed by atoms with Crippen LogP contribution < -0.4 is 10.6 Å². The summed E-state index contributed by atoms with van der Waals surface area (Å²) in [5.74, 6) is -0.149. The van der Waals surface area contributed by atoms with Gasteiger partial charge in [0.25, 0.3) is 0 Å². The molecule has 0 radical (unpaired) electrons. The first-order chi connectivity index (χ1) is 8.78. The zero-order valence-electron chi connectivity index (χ0n) is 12.4. The number of carbonyl (C=O) groups is 2. The minimum Gasteiger partial charge on any atom is -0.459 e. The van der Waals surface area contributed by atoms with Gasteiger partial charge in [-0.3, -0.25) is 9.59 Å². The van der Waals surface area contributed by atoms with Gasteiger partial charge in [0.05, 0.1) is 0 Å². The van der Waals surface area contributed by atoms with Crippen LogP contribution in [0.3, 0.4) is 0 Å². The third-order valence-corrected chi connectivity index (χ3v) is 2.73. The molecular formula is C14H26N2O3.